The van der Waals surface area contributed by atoms with Crippen LogP contribution in [0, 0.1) is 11.6 Å². The number of benzene rings is 1. The largest absolute Gasteiger partial charge is 0.616 e. The van der Waals surface area contributed by atoms with Crippen LogP contribution in [-0.2, 0) is 17.7 Å². The molecule has 1 atom stereocenters. The van der Waals surface area contributed by atoms with Crippen LogP contribution in [0.5, 0.6) is 5.75 Å². The number of rotatable bonds is 9. The summed E-state index contributed by atoms with van der Waals surface area (Å²) in [6, 6.07) is 5.64. The van der Waals surface area contributed by atoms with Crippen molar-refractivity contribution in [1.29, 1.82) is 0 Å². The molecule has 0 radical (unpaired) electrons. The number of fused-ring (bicyclic) bond motifs is 3. The van der Waals surface area contributed by atoms with Crippen LogP contribution >= 0.6 is 11.3 Å². The second-order valence-corrected chi connectivity index (χ2v) is 12.0. The van der Waals surface area contributed by atoms with E-state index >= 15 is 0 Å². The molecule has 2 N–H and O–H groups in total. The van der Waals surface area contributed by atoms with E-state index in [1.807, 2.05) is 4.90 Å². The standard InChI is InChI=1S/C25H26F2N8O4S2/c1-41(37)12-11-39-19-14-17(15(26)13-16(19)27)33-7-4-32(5-8-33)6-9-34-22-20(40-25(34)36)23-29-21(18-3-2-10-38-18)31-35(23)24(28)30-22/h2-3,10,13-14H,4-9,11-12H2,1H3,(H2,28,30)/t41-/m1/s1. The minimum atomic E-state index is -1.08. The predicted octanol–water partition coefficient (Wildman–Crippen LogP) is 2.20. The molecule has 41 heavy (non-hydrogen) atoms. The van der Waals surface area contributed by atoms with Crippen LogP contribution in [0.1, 0.15) is 0 Å². The predicted molar refractivity (Wildman–Crippen MR) is 152 cm³/mol. The van der Waals surface area contributed by atoms with Crippen molar-refractivity contribution < 1.29 is 22.5 Å². The summed E-state index contributed by atoms with van der Waals surface area (Å²) in [5, 5.41) is 4.37. The molecule has 0 aliphatic carbocycles. The normalized spacial score (nSPS) is 15.3. The Morgan fingerprint density at radius 2 is 1.95 bits per heavy atom. The molecule has 12 nitrogen and oxygen atoms in total. The van der Waals surface area contributed by atoms with E-state index in [0.29, 0.717) is 66.8 Å². The van der Waals surface area contributed by atoms with Crippen molar-refractivity contribution in [2.75, 3.05) is 62.0 Å². The number of nitrogens with zero attached hydrogens (tertiary/aromatic N) is 7. The summed E-state index contributed by atoms with van der Waals surface area (Å²) in [4.78, 5) is 25.7. The average molecular weight is 605 g/mol. The van der Waals surface area contributed by atoms with Gasteiger partial charge in [-0.3, -0.25) is 14.3 Å². The molecule has 1 aromatic carbocycles. The second-order valence-electron chi connectivity index (χ2n) is 9.48. The highest BCUT2D eigenvalue weighted by Crippen LogP contribution is 2.29. The molecular weight excluding hydrogens is 578 g/mol. The summed E-state index contributed by atoms with van der Waals surface area (Å²) in [6.45, 7) is 3.23. The Balaban J connectivity index is 1.14. The molecule has 216 valence electrons. The highest BCUT2D eigenvalue weighted by molar-refractivity contribution is 7.90. The Kier molecular flexibility index (Phi) is 7.54. The van der Waals surface area contributed by atoms with Crippen molar-refractivity contribution >= 4 is 50.1 Å². The Morgan fingerprint density at radius 1 is 1.15 bits per heavy atom. The third kappa shape index (κ3) is 5.47. The molecule has 1 aliphatic heterocycles. The summed E-state index contributed by atoms with van der Waals surface area (Å²) in [7, 11) is 0. The van der Waals surface area contributed by atoms with Gasteiger partial charge in [0.25, 0.3) is 0 Å². The summed E-state index contributed by atoms with van der Waals surface area (Å²) >= 11 is -0.0476. The Morgan fingerprint density at radius 3 is 2.68 bits per heavy atom. The number of hydrogen-bond donors (Lipinski definition) is 1. The van der Waals surface area contributed by atoms with Gasteiger partial charge < -0.3 is 24.3 Å². The maximum Gasteiger partial charge on any atom is 0.309 e. The zero-order valence-electron chi connectivity index (χ0n) is 22.0. The van der Waals surface area contributed by atoms with Crippen LogP contribution in [0.3, 0.4) is 0 Å². The number of thiazole rings is 1. The van der Waals surface area contributed by atoms with Crippen molar-refractivity contribution in [1.82, 2.24) is 29.0 Å². The molecule has 0 amide bonds. The van der Waals surface area contributed by atoms with Crippen LogP contribution in [0.2, 0.25) is 0 Å². The van der Waals surface area contributed by atoms with E-state index in [2.05, 4.69) is 20.0 Å². The fourth-order valence-electron chi connectivity index (χ4n) is 4.73. The van der Waals surface area contributed by atoms with Crippen LogP contribution in [0.4, 0.5) is 20.4 Å². The Labute approximate surface area is 239 Å². The lowest BCUT2D eigenvalue weighted by atomic mass is 10.2. The van der Waals surface area contributed by atoms with E-state index in [9.17, 15) is 18.1 Å². The zero-order valence-corrected chi connectivity index (χ0v) is 23.6. The van der Waals surface area contributed by atoms with Crippen LogP contribution in [0.15, 0.2) is 39.7 Å². The fraction of sp³-hybridized carbons (Fsp3) is 0.360. The quantitative estimate of drug-likeness (QED) is 0.249. The molecule has 1 fully saturated rings. The number of hydrogen-bond acceptors (Lipinski definition) is 11. The molecule has 5 aromatic rings. The van der Waals surface area contributed by atoms with E-state index < -0.39 is 22.8 Å². The topological polar surface area (TPSA) is 143 Å². The summed E-state index contributed by atoms with van der Waals surface area (Å²) in [6.07, 6.45) is 3.06. The van der Waals surface area contributed by atoms with Crippen molar-refractivity contribution in [2.45, 2.75) is 6.54 Å². The van der Waals surface area contributed by atoms with Gasteiger partial charge in [0.1, 0.15) is 22.9 Å². The third-order valence-electron chi connectivity index (χ3n) is 6.84. The molecular formula is C25H26F2N8O4S2. The number of halogens is 2. The van der Waals surface area contributed by atoms with E-state index in [0.717, 1.165) is 17.4 Å². The lowest BCUT2D eigenvalue weighted by molar-refractivity contribution is 0.247. The van der Waals surface area contributed by atoms with Gasteiger partial charge in [-0.2, -0.15) is 9.50 Å². The zero-order chi connectivity index (χ0) is 28.7. The van der Waals surface area contributed by atoms with Crippen molar-refractivity contribution in [3.63, 3.8) is 0 Å². The van der Waals surface area contributed by atoms with E-state index in [1.165, 1.54) is 23.1 Å². The monoisotopic (exact) mass is 604 g/mol. The Bertz CT molecular complexity index is 1750. The number of furan rings is 1. The summed E-state index contributed by atoms with van der Waals surface area (Å²) < 4.78 is 54.5. The van der Waals surface area contributed by atoms with Crippen molar-refractivity contribution in [2.24, 2.45) is 0 Å². The van der Waals surface area contributed by atoms with Gasteiger partial charge in [-0.25, -0.2) is 13.8 Å². The van der Waals surface area contributed by atoms with Gasteiger partial charge in [0.15, 0.2) is 28.6 Å². The maximum atomic E-state index is 14.6. The molecule has 5 heterocycles. The minimum Gasteiger partial charge on any atom is -0.616 e. The lowest BCUT2D eigenvalue weighted by Crippen LogP contribution is -2.47. The fourth-order valence-corrected chi connectivity index (χ4v) is 5.98. The second kappa shape index (κ2) is 11.3. The van der Waals surface area contributed by atoms with Crippen LogP contribution in [0.25, 0.3) is 27.6 Å². The molecule has 0 bridgehead atoms. The van der Waals surface area contributed by atoms with Gasteiger partial charge in [-0.1, -0.05) is 22.5 Å². The number of anilines is 2. The number of ether oxygens (including phenoxy) is 1. The summed E-state index contributed by atoms with van der Waals surface area (Å²) in [5.74, 6) is -0.355. The summed E-state index contributed by atoms with van der Waals surface area (Å²) in [5.41, 5.74) is 7.29. The first-order valence-electron chi connectivity index (χ1n) is 12.8. The molecule has 1 saturated heterocycles. The SMILES string of the molecule is C[S@@+]([O-])CCOc1cc(N2CCN(CCn3c(=O)sc4c3nc(N)n3nc(-c5ccco5)nc43)CC2)c(F)cc1F. The van der Waals surface area contributed by atoms with Crippen LogP contribution in [-0.4, -0.2) is 84.9 Å². The van der Waals surface area contributed by atoms with Gasteiger partial charge >= 0.3 is 4.87 Å². The third-order valence-corrected chi connectivity index (χ3v) is 8.55. The van der Waals surface area contributed by atoms with Crippen molar-refractivity contribution in [3.05, 3.63) is 51.8 Å². The number of aromatic nitrogens is 5. The van der Waals surface area contributed by atoms with Crippen molar-refractivity contribution in [3.8, 4) is 17.3 Å². The van der Waals surface area contributed by atoms with Crippen LogP contribution < -0.4 is 20.2 Å². The number of nitrogen functional groups attached to an aromatic ring is 1. The highest BCUT2D eigenvalue weighted by atomic mass is 32.2. The van der Waals surface area contributed by atoms with Gasteiger partial charge in [-0.05, 0) is 12.1 Å². The molecule has 0 saturated carbocycles. The number of nitrogens with two attached hydrogens (primary N) is 1. The van der Waals surface area contributed by atoms with Gasteiger partial charge in [0, 0.05) is 51.4 Å². The molecule has 4 aromatic heterocycles. The smallest absolute Gasteiger partial charge is 0.309 e. The van der Waals surface area contributed by atoms with E-state index in [-0.39, 0.29) is 34.6 Å². The van der Waals surface area contributed by atoms with E-state index in [4.69, 9.17) is 14.9 Å². The first-order chi connectivity index (χ1) is 19.8. The molecule has 0 unspecified atom stereocenters. The molecule has 6 rings (SSSR count). The maximum absolute atomic E-state index is 14.6. The van der Waals surface area contributed by atoms with E-state index in [1.54, 1.807) is 16.7 Å². The lowest BCUT2D eigenvalue weighted by Gasteiger charge is -2.36. The van der Waals surface area contributed by atoms with Gasteiger partial charge in [0.05, 0.1) is 18.2 Å². The van der Waals surface area contributed by atoms with Gasteiger partial charge in [0.2, 0.25) is 11.8 Å². The molecule has 0 spiro atoms. The Hall–Kier alpha value is -3.73. The first-order valence-corrected chi connectivity index (χ1v) is 15.3. The highest BCUT2D eigenvalue weighted by Gasteiger charge is 2.24. The molecule has 16 heteroatoms. The minimum absolute atomic E-state index is 0.0668. The van der Waals surface area contributed by atoms with Gasteiger partial charge in [-0.15, -0.1) is 5.10 Å². The number of piperazine rings is 1. The average Bonchev–Trinajstić information content (AvgIpc) is 3.68. The molecule has 1 aliphatic rings. The first kappa shape index (κ1) is 27.4.